The number of aryl methyl sites for hydroxylation is 1. The van der Waals surface area contributed by atoms with Crippen molar-refractivity contribution in [2.45, 2.75) is 19.4 Å². The predicted octanol–water partition coefficient (Wildman–Crippen LogP) is 2.71. The van der Waals surface area contributed by atoms with Gasteiger partial charge in [-0.2, -0.15) is 0 Å². The van der Waals surface area contributed by atoms with E-state index in [-0.39, 0.29) is 0 Å². The summed E-state index contributed by atoms with van der Waals surface area (Å²) < 4.78 is 1.21. The van der Waals surface area contributed by atoms with Crippen LogP contribution in [0.2, 0.25) is 0 Å². The molecule has 3 heteroatoms. The molecule has 2 nitrogen and oxygen atoms in total. The van der Waals surface area contributed by atoms with Crippen molar-refractivity contribution in [2.24, 2.45) is 11.7 Å². The fraction of sp³-hybridized carbons (Fsp3) is 0.538. The lowest BCUT2D eigenvalue weighted by Crippen LogP contribution is -2.25. The molecule has 0 spiro atoms. The Morgan fingerprint density at radius 2 is 2.25 bits per heavy atom. The normalized spacial score (nSPS) is 26.2. The summed E-state index contributed by atoms with van der Waals surface area (Å²) in [5, 5.41) is 0. The van der Waals surface area contributed by atoms with E-state index in [2.05, 4.69) is 53.0 Å². The van der Waals surface area contributed by atoms with E-state index in [1.54, 1.807) is 0 Å². The van der Waals surface area contributed by atoms with E-state index < -0.39 is 0 Å². The molecule has 2 unspecified atom stereocenters. The van der Waals surface area contributed by atoms with Crippen LogP contribution in [0.3, 0.4) is 0 Å². The second-order valence-electron chi connectivity index (χ2n) is 4.73. The SMILES string of the molecule is Cc1ccc(C2C(CN)CCN2C)c(Br)c1. The third kappa shape index (κ3) is 2.17. The highest BCUT2D eigenvalue weighted by Crippen LogP contribution is 2.38. The summed E-state index contributed by atoms with van der Waals surface area (Å²) in [4.78, 5) is 2.41. The lowest BCUT2D eigenvalue weighted by molar-refractivity contribution is 0.278. The highest BCUT2D eigenvalue weighted by atomic mass is 79.9. The number of likely N-dealkylation sites (tertiary alicyclic amines) is 1. The van der Waals surface area contributed by atoms with Gasteiger partial charge in [-0.1, -0.05) is 28.1 Å². The molecule has 1 aliphatic rings. The minimum atomic E-state index is 0.472. The summed E-state index contributed by atoms with van der Waals surface area (Å²) in [5.41, 5.74) is 8.53. The molecular formula is C13H19BrN2. The molecule has 2 N–H and O–H groups in total. The first kappa shape index (κ1) is 12.1. The van der Waals surface area contributed by atoms with Gasteiger partial charge in [0.15, 0.2) is 0 Å². The summed E-state index contributed by atoms with van der Waals surface area (Å²) in [6, 6.07) is 7.07. The van der Waals surface area contributed by atoms with Crippen molar-refractivity contribution in [3.05, 3.63) is 33.8 Å². The molecule has 2 rings (SSSR count). The first-order valence-corrected chi connectivity index (χ1v) is 6.59. The van der Waals surface area contributed by atoms with Gasteiger partial charge in [0.2, 0.25) is 0 Å². The summed E-state index contributed by atoms with van der Waals surface area (Å²) in [6.07, 6.45) is 1.21. The Bertz CT molecular complexity index is 378. The van der Waals surface area contributed by atoms with Gasteiger partial charge in [0, 0.05) is 10.5 Å². The molecule has 1 aromatic carbocycles. The van der Waals surface area contributed by atoms with Gasteiger partial charge < -0.3 is 5.73 Å². The van der Waals surface area contributed by atoms with Crippen molar-refractivity contribution in [3.63, 3.8) is 0 Å². The Morgan fingerprint density at radius 1 is 1.50 bits per heavy atom. The van der Waals surface area contributed by atoms with Gasteiger partial charge in [-0.15, -0.1) is 0 Å². The molecule has 0 bridgehead atoms. The Hall–Kier alpha value is -0.380. The zero-order valence-corrected chi connectivity index (χ0v) is 11.5. The van der Waals surface area contributed by atoms with Crippen LogP contribution in [-0.2, 0) is 0 Å². The van der Waals surface area contributed by atoms with E-state index in [4.69, 9.17) is 5.73 Å². The van der Waals surface area contributed by atoms with Gasteiger partial charge in [0.1, 0.15) is 0 Å². The van der Waals surface area contributed by atoms with Gasteiger partial charge >= 0.3 is 0 Å². The highest BCUT2D eigenvalue weighted by Gasteiger charge is 2.32. The Labute approximate surface area is 106 Å². The Morgan fingerprint density at radius 3 is 2.88 bits per heavy atom. The lowest BCUT2D eigenvalue weighted by Gasteiger charge is -2.26. The standard InChI is InChI=1S/C13H19BrN2/c1-9-3-4-11(12(14)7-9)13-10(8-15)5-6-16(13)2/h3-4,7,10,13H,5-6,8,15H2,1-2H3. The Kier molecular flexibility index (Phi) is 3.67. The van der Waals surface area contributed by atoms with Crippen LogP contribution in [0.5, 0.6) is 0 Å². The van der Waals surface area contributed by atoms with E-state index in [1.807, 2.05) is 0 Å². The summed E-state index contributed by atoms with van der Waals surface area (Å²) >= 11 is 3.67. The molecule has 88 valence electrons. The minimum absolute atomic E-state index is 0.472. The van der Waals surface area contributed by atoms with Crippen molar-refractivity contribution in [3.8, 4) is 0 Å². The van der Waals surface area contributed by atoms with E-state index in [0.717, 1.165) is 13.1 Å². The average molecular weight is 283 g/mol. The molecule has 1 heterocycles. The fourth-order valence-corrected chi connectivity index (χ4v) is 3.36. The first-order chi connectivity index (χ1) is 7.63. The molecule has 0 aromatic heterocycles. The van der Waals surface area contributed by atoms with E-state index in [9.17, 15) is 0 Å². The molecule has 16 heavy (non-hydrogen) atoms. The third-order valence-electron chi connectivity index (χ3n) is 3.55. The van der Waals surface area contributed by atoms with Crippen LogP contribution >= 0.6 is 15.9 Å². The molecule has 1 aliphatic heterocycles. The molecule has 0 saturated carbocycles. The maximum Gasteiger partial charge on any atom is 0.0396 e. The molecular weight excluding hydrogens is 264 g/mol. The summed E-state index contributed by atoms with van der Waals surface area (Å²) in [5.74, 6) is 0.587. The number of benzene rings is 1. The lowest BCUT2D eigenvalue weighted by atomic mass is 9.93. The Balaban J connectivity index is 2.34. The van der Waals surface area contributed by atoms with Crippen LogP contribution in [-0.4, -0.2) is 25.0 Å². The summed E-state index contributed by atoms with van der Waals surface area (Å²) in [7, 11) is 2.19. The van der Waals surface area contributed by atoms with Gasteiger partial charge in [0.05, 0.1) is 0 Å². The zero-order chi connectivity index (χ0) is 11.7. The number of hydrogen-bond acceptors (Lipinski definition) is 2. The molecule has 0 radical (unpaired) electrons. The molecule has 0 amide bonds. The quantitative estimate of drug-likeness (QED) is 0.904. The van der Waals surface area contributed by atoms with Crippen LogP contribution in [0.25, 0.3) is 0 Å². The number of nitrogens with two attached hydrogens (primary N) is 1. The molecule has 1 fully saturated rings. The minimum Gasteiger partial charge on any atom is -0.330 e. The number of halogens is 1. The van der Waals surface area contributed by atoms with E-state index in [0.29, 0.717) is 12.0 Å². The van der Waals surface area contributed by atoms with Gasteiger partial charge in [-0.25, -0.2) is 0 Å². The topological polar surface area (TPSA) is 29.3 Å². The molecule has 1 aromatic rings. The average Bonchev–Trinajstić information content (AvgIpc) is 2.60. The monoisotopic (exact) mass is 282 g/mol. The van der Waals surface area contributed by atoms with Gasteiger partial charge in [-0.3, -0.25) is 4.90 Å². The van der Waals surface area contributed by atoms with Crippen molar-refractivity contribution < 1.29 is 0 Å². The number of rotatable bonds is 2. The van der Waals surface area contributed by atoms with Crippen molar-refractivity contribution in [2.75, 3.05) is 20.1 Å². The van der Waals surface area contributed by atoms with Crippen molar-refractivity contribution in [1.29, 1.82) is 0 Å². The van der Waals surface area contributed by atoms with Crippen LogP contribution < -0.4 is 5.73 Å². The largest absolute Gasteiger partial charge is 0.330 e. The van der Waals surface area contributed by atoms with E-state index >= 15 is 0 Å². The van der Waals surface area contributed by atoms with Crippen molar-refractivity contribution >= 4 is 15.9 Å². The zero-order valence-electron chi connectivity index (χ0n) is 9.91. The maximum atomic E-state index is 5.86. The van der Waals surface area contributed by atoms with Crippen molar-refractivity contribution in [1.82, 2.24) is 4.90 Å². The van der Waals surface area contributed by atoms with Crippen LogP contribution in [0.1, 0.15) is 23.6 Å². The fourth-order valence-electron chi connectivity index (χ4n) is 2.64. The third-order valence-corrected chi connectivity index (χ3v) is 4.24. The van der Waals surface area contributed by atoms with Gasteiger partial charge in [0.25, 0.3) is 0 Å². The number of nitrogens with zero attached hydrogens (tertiary/aromatic N) is 1. The first-order valence-electron chi connectivity index (χ1n) is 5.80. The predicted molar refractivity (Wildman–Crippen MR) is 71.4 cm³/mol. The summed E-state index contributed by atoms with van der Waals surface area (Å²) in [6.45, 7) is 4.04. The van der Waals surface area contributed by atoms with Crippen LogP contribution in [0, 0.1) is 12.8 Å². The molecule has 1 saturated heterocycles. The van der Waals surface area contributed by atoms with E-state index in [1.165, 1.54) is 22.0 Å². The second-order valence-corrected chi connectivity index (χ2v) is 5.59. The highest BCUT2D eigenvalue weighted by molar-refractivity contribution is 9.10. The van der Waals surface area contributed by atoms with Crippen LogP contribution in [0.15, 0.2) is 22.7 Å². The molecule has 0 aliphatic carbocycles. The second kappa shape index (κ2) is 4.86. The van der Waals surface area contributed by atoms with Crippen LogP contribution in [0.4, 0.5) is 0 Å². The number of hydrogen-bond donors (Lipinski definition) is 1. The smallest absolute Gasteiger partial charge is 0.0396 e. The molecule has 2 atom stereocenters. The maximum absolute atomic E-state index is 5.86. The van der Waals surface area contributed by atoms with Gasteiger partial charge in [-0.05, 0) is 56.6 Å².